The predicted octanol–water partition coefficient (Wildman–Crippen LogP) is 3.11. The van der Waals surface area contributed by atoms with Crippen LogP contribution in [0.2, 0.25) is 0 Å². The first-order chi connectivity index (χ1) is 10.8. The van der Waals surface area contributed by atoms with Crippen LogP contribution >= 0.6 is 0 Å². The van der Waals surface area contributed by atoms with Gasteiger partial charge >= 0.3 is 0 Å². The Bertz CT molecular complexity index is 764. The van der Waals surface area contributed by atoms with Crippen LogP contribution in [0.4, 0.5) is 5.69 Å². The number of aromatic nitrogens is 2. The maximum atomic E-state index is 6.03. The highest BCUT2D eigenvalue weighted by atomic mass is 16.5. The van der Waals surface area contributed by atoms with Crippen LogP contribution in [0.25, 0.3) is 0 Å². The third kappa shape index (κ3) is 2.96. The van der Waals surface area contributed by atoms with Crippen molar-refractivity contribution in [2.45, 2.75) is 13.0 Å². The third-order valence-corrected chi connectivity index (χ3v) is 3.74. The number of ether oxygens (including phenoxy) is 1. The number of nitrogens with zero attached hydrogens (tertiary/aromatic N) is 2. The van der Waals surface area contributed by atoms with E-state index < -0.39 is 0 Å². The molecule has 0 saturated carbocycles. The van der Waals surface area contributed by atoms with Crippen LogP contribution in [0, 0.1) is 0 Å². The summed E-state index contributed by atoms with van der Waals surface area (Å²) in [5.74, 6) is 1.88. The van der Waals surface area contributed by atoms with E-state index in [0.717, 1.165) is 41.4 Å². The maximum Gasteiger partial charge on any atom is 0.122 e. The zero-order chi connectivity index (χ0) is 15.4. The lowest BCUT2D eigenvalue weighted by molar-refractivity contribution is 0.410. The summed E-state index contributed by atoms with van der Waals surface area (Å²) >= 11 is 0. The monoisotopic (exact) mass is 293 g/mol. The quantitative estimate of drug-likeness (QED) is 0.735. The van der Waals surface area contributed by atoms with E-state index in [2.05, 4.69) is 15.6 Å². The first-order valence-corrected chi connectivity index (χ1v) is 7.23. The molecule has 0 bridgehead atoms. The second kappa shape index (κ2) is 6.35. The molecule has 0 saturated heterocycles. The SMILES string of the molecule is COc1ccccc1Cc1nccn1Cc1ccccc1N. The third-order valence-electron chi connectivity index (χ3n) is 3.74. The van der Waals surface area contributed by atoms with Crippen molar-refractivity contribution in [1.82, 2.24) is 9.55 Å². The fourth-order valence-electron chi connectivity index (χ4n) is 2.53. The van der Waals surface area contributed by atoms with E-state index in [1.54, 1.807) is 7.11 Å². The Balaban J connectivity index is 1.85. The predicted molar refractivity (Wildman–Crippen MR) is 88.0 cm³/mol. The van der Waals surface area contributed by atoms with Gasteiger partial charge < -0.3 is 15.0 Å². The molecule has 0 aliphatic heterocycles. The van der Waals surface area contributed by atoms with E-state index in [0.29, 0.717) is 0 Å². The van der Waals surface area contributed by atoms with Crippen molar-refractivity contribution in [3.63, 3.8) is 0 Å². The lowest BCUT2D eigenvalue weighted by atomic mass is 10.1. The molecule has 4 heteroatoms. The highest BCUT2D eigenvalue weighted by molar-refractivity contribution is 5.46. The Hall–Kier alpha value is -2.75. The first-order valence-electron chi connectivity index (χ1n) is 7.23. The molecule has 0 aliphatic carbocycles. The average molecular weight is 293 g/mol. The van der Waals surface area contributed by atoms with Gasteiger partial charge in [0.1, 0.15) is 11.6 Å². The smallest absolute Gasteiger partial charge is 0.122 e. The van der Waals surface area contributed by atoms with Crippen molar-refractivity contribution >= 4 is 5.69 Å². The van der Waals surface area contributed by atoms with Crippen molar-refractivity contribution in [1.29, 1.82) is 0 Å². The summed E-state index contributed by atoms with van der Waals surface area (Å²) in [6.45, 7) is 0.719. The molecular formula is C18H19N3O. The summed E-state index contributed by atoms with van der Waals surface area (Å²) in [4.78, 5) is 4.48. The first kappa shape index (κ1) is 14.2. The molecule has 2 N–H and O–H groups in total. The molecule has 2 aromatic carbocycles. The minimum atomic E-state index is 0.719. The zero-order valence-corrected chi connectivity index (χ0v) is 12.6. The fourth-order valence-corrected chi connectivity index (χ4v) is 2.53. The van der Waals surface area contributed by atoms with Crippen LogP contribution in [-0.4, -0.2) is 16.7 Å². The van der Waals surface area contributed by atoms with E-state index in [-0.39, 0.29) is 0 Å². The van der Waals surface area contributed by atoms with Gasteiger partial charge in [0.15, 0.2) is 0 Å². The van der Waals surface area contributed by atoms with Crippen molar-refractivity contribution in [2.24, 2.45) is 0 Å². The Labute approximate surface area is 130 Å². The number of hydrogen-bond acceptors (Lipinski definition) is 3. The van der Waals surface area contributed by atoms with Crippen molar-refractivity contribution in [3.05, 3.63) is 77.9 Å². The number of imidazole rings is 1. The molecule has 22 heavy (non-hydrogen) atoms. The van der Waals surface area contributed by atoms with Gasteiger partial charge in [-0.1, -0.05) is 36.4 Å². The van der Waals surface area contributed by atoms with Crippen LogP contribution in [0.15, 0.2) is 60.9 Å². The van der Waals surface area contributed by atoms with Crippen LogP contribution in [0.1, 0.15) is 17.0 Å². The largest absolute Gasteiger partial charge is 0.496 e. The van der Waals surface area contributed by atoms with E-state index in [1.165, 1.54) is 0 Å². The summed E-state index contributed by atoms with van der Waals surface area (Å²) in [6, 6.07) is 15.9. The molecule has 0 aliphatic rings. The summed E-state index contributed by atoms with van der Waals surface area (Å²) in [5, 5.41) is 0. The maximum absolute atomic E-state index is 6.03. The van der Waals surface area contributed by atoms with Gasteiger partial charge in [-0.3, -0.25) is 0 Å². The number of methoxy groups -OCH3 is 1. The van der Waals surface area contributed by atoms with Crippen molar-refractivity contribution in [3.8, 4) is 5.75 Å². The molecule has 0 amide bonds. The molecule has 112 valence electrons. The number of para-hydroxylation sites is 2. The second-order valence-electron chi connectivity index (χ2n) is 5.16. The standard InChI is InChI=1S/C18H19N3O/c1-22-17-9-5-3-6-14(17)12-18-20-10-11-21(18)13-15-7-2-4-8-16(15)19/h2-11H,12-13,19H2,1H3. The number of benzene rings is 2. The Morgan fingerprint density at radius 2 is 1.77 bits per heavy atom. The molecular weight excluding hydrogens is 274 g/mol. The Morgan fingerprint density at radius 3 is 2.55 bits per heavy atom. The topological polar surface area (TPSA) is 53.1 Å². The molecule has 0 radical (unpaired) electrons. The van der Waals surface area contributed by atoms with Gasteiger partial charge in [0.2, 0.25) is 0 Å². The van der Waals surface area contributed by atoms with Crippen LogP contribution in [0.5, 0.6) is 5.75 Å². The fraction of sp³-hybridized carbons (Fsp3) is 0.167. The van der Waals surface area contributed by atoms with Crippen molar-refractivity contribution in [2.75, 3.05) is 12.8 Å². The minimum absolute atomic E-state index is 0.719. The Kier molecular flexibility index (Phi) is 4.10. The minimum Gasteiger partial charge on any atom is -0.496 e. The molecule has 1 heterocycles. The molecule has 0 fully saturated rings. The average Bonchev–Trinajstić information content (AvgIpc) is 2.97. The van der Waals surface area contributed by atoms with Gasteiger partial charge in [0.05, 0.1) is 13.7 Å². The molecule has 3 aromatic rings. The number of nitrogen functional groups attached to an aromatic ring is 1. The molecule has 4 nitrogen and oxygen atoms in total. The number of nitrogens with two attached hydrogens (primary N) is 1. The number of rotatable bonds is 5. The van der Waals surface area contributed by atoms with Crippen molar-refractivity contribution < 1.29 is 4.74 Å². The van der Waals surface area contributed by atoms with Gasteiger partial charge in [-0.05, 0) is 17.7 Å². The zero-order valence-electron chi connectivity index (χ0n) is 12.6. The van der Waals surface area contributed by atoms with Gasteiger partial charge in [-0.15, -0.1) is 0 Å². The van der Waals surface area contributed by atoms with Gasteiger partial charge in [-0.25, -0.2) is 4.98 Å². The summed E-state index contributed by atoms with van der Waals surface area (Å²) in [5.41, 5.74) is 9.06. The van der Waals surface area contributed by atoms with E-state index >= 15 is 0 Å². The van der Waals surface area contributed by atoms with E-state index in [4.69, 9.17) is 10.5 Å². The summed E-state index contributed by atoms with van der Waals surface area (Å²) < 4.78 is 7.54. The van der Waals surface area contributed by atoms with E-state index in [9.17, 15) is 0 Å². The number of hydrogen-bond donors (Lipinski definition) is 1. The second-order valence-corrected chi connectivity index (χ2v) is 5.16. The molecule has 0 unspecified atom stereocenters. The van der Waals surface area contributed by atoms with Crippen LogP contribution in [-0.2, 0) is 13.0 Å². The Morgan fingerprint density at radius 1 is 1.05 bits per heavy atom. The van der Waals surface area contributed by atoms with E-state index in [1.807, 2.05) is 54.9 Å². The highest BCUT2D eigenvalue weighted by Gasteiger charge is 2.09. The summed E-state index contributed by atoms with van der Waals surface area (Å²) in [7, 11) is 1.69. The van der Waals surface area contributed by atoms with Gasteiger partial charge in [-0.2, -0.15) is 0 Å². The highest BCUT2D eigenvalue weighted by Crippen LogP contribution is 2.21. The van der Waals surface area contributed by atoms with Crippen LogP contribution in [0.3, 0.4) is 0 Å². The summed E-state index contributed by atoms with van der Waals surface area (Å²) in [6.07, 6.45) is 4.53. The normalized spacial score (nSPS) is 10.6. The number of anilines is 1. The van der Waals surface area contributed by atoms with Crippen LogP contribution < -0.4 is 10.5 Å². The molecule has 0 atom stereocenters. The molecule has 3 rings (SSSR count). The van der Waals surface area contributed by atoms with Gasteiger partial charge in [0.25, 0.3) is 0 Å². The lowest BCUT2D eigenvalue weighted by Gasteiger charge is -2.11. The molecule has 1 aromatic heterocycles. The van der Waals surface area contributed by atoms with Gasteiger partial charge in [0, 0.05) is 30.1 Å². The lowest BCUT2D eigenvalue weighted by Crippen LogP contribution is -2.07. The molecule has 0 spiro atoms.